The molecule has 3 rings (SSSR count). The summed E-state index contributed by atoms with van der Waals surface area (Å²) < 4.78 is 17.3. The number of nitrogens with zero attached hydrogens (tertiary/aromatic N) is 4. The van der Waals surface area contributed by atoms with Crippen LogP contribution in [0.3, 0.4) is 0 Å². The minimum Gasteiger partial charge on any atom is -0.487 e. The molecule has 0 radical (unpaired) electrons. The molecule has 2 fully saturated rings. The summed E-state index contributed by atoms with van der Waals surface area (Å²) in [6.07, 6.45) is 2.25. The Morgan fingerprint density at radius 2 is 1.81 bits per heavy atom. The fraction of sp³-hybridized carbons (Fsp3) is 0.760. The summed E-state index contributed by atoms with van der Waals surface area (Å²) in [6.45, 7) is 13.1. The van der Waals surface area contributed by atoms with Crippen LogP contribution in [0.4, 0.5) is 10.6 Å². The van der Waals surface area contributed by atoms with Gasteiger partial charge in [0.2, 0.25) is 5.28 Å². The van der Waals surface area contributed by atoms with Crippen molar-refractivity contribution in [1.29, 1.82) is 0 Å². The molecule has 0 saturated carbocycles. The maximum atomic E-state index is 13.0. The smallest absolute Gasteiger partial charge is 0.410 e. The molecule has 2 aliphatic heterocycles. The molecule has 2 unspecified atom stereocenters. The number of halogens is 2. The Hall–Kier alpha value is -2.04. The first-order valence-electron chi connectivity index (χ1n) is 12.7. The van der Waals surface area contributed by atoms with E-state index in [2.05, 4.69) is 15.3 Å². The van der Waals surface area contributed by atoms with E-state index in [-0.39, 0.29) is 35.1 Å². The second-order valence-corrected chi connectivity index (χ2v) is 12.3. The van der Waals surface area contributed by atoms with Gasteiger partial charge in [0.05, 0.1) is 12.6 Å². The second-order valence-electron chi connectivity index (χ2n) is 11.6. The Balaban J connectivity index is 1.71. The van der Waals surface area contributed by atoms with Crippen molar-refractivity contribution in [3.63, 3.8) is 0 Å². The second kappa shape index (κ2) is 11.4. The van der Waals surface area contributed by atoms with Crippen molar-refractivity contribution in [3.05, 3.63) is 10.4 Å². The number of hydrogen-bond donors (Lipinski definition) is 1. The normalized spacial score (nSPS) is 22.2. The van der Waals surface area contributed by atoms with Gasteiger partial charge in [-0.25, -0.2) is 9.78 Å². The van der Waals surface area contributed by atoms with Gasteiger partial charge in [-0.2, -0.15) is 4.98 Å². The molecule has 208 valence electrons. The van der Waals surface area contributed by atoms with Gasteiger partial charge in [-0.3, -0.25) is 4.79 Å². The predicted octanol–water partition coefficient (Wildman–Crippen LogP) is 4.46. The number of aromatic nitrogens is 2. The molecule has 10 nitrogen and oxygen atoms in total. The summed E-state index contributed by atoms with van der Waals surface area (Å²) in [5.41, 5.74) is -1.99. The fourth-order valence-corrected chi connectivity index (χ4v) is 4.88. The summed E-state index contributed by atoms with van der Waals surface area (Å²) in [5.74, 6) is 0.465. The molecule has 37 heavy (non-hydrogen) atoms. The molecule has 2 atom stereocenters. The van der Waals surface area contributed by atoms with E-state index in [1.54, 1.807) is 11.9 Å². The molecule has 0 bridgehead atoms. The van der Waals surface area contributed by atoms with Crippen LogP contribution in [0.2, 0.25) is 10.4 Å². The van der Waals surface area contributed by atoms with Crippen LogP contribution in [-0.4, -0.2) is 83.0 Å². The van der Waals surface area contributed by atoms with Gasteiger partial charge >= 0.3 is 12.1 Å². The highest BCUT2D eigenvalue weighted by molar-refractivity contribution is 6.33. The molecule has 0 aliphatic carbocycles. The number of rotatable bonds is 7. The van der Waals surface area contributed by atoms with Crippen LogP contribution < -0.4 is 15.0 Å². The molecule has 1 aromatic heterocycles. The predicted molar refractivity (Wildman–Crippen MR) is 143 cm³/mol. The highest BCUT2D eigenvalue weighted by atomic mass is 35.5. The van der Waals surface area contributed by atoms with Crippen LogP contribution in [0, 0.1) is 0 Å². The van der Waals surface area contributed by atoms with Crippen molar-refractivity contribution in [2.45, 2.75) is 90.0 Å². The number of hydrogen-bond acceptors (Lipinski definition) is 9. The van der Waals surface area contributed by atoms with E-state index in [9.17, 15) is 9.59 Å². The number of nitrogens with one attached hydrogen (secondary N) is 1. The number of ether oxygens (including phenoxy) is 3. The van der Waals surface area contributed by atoms with Gasteiger partial charge in [0, 0.05) is 26.6 Å². The highest BCUT2D eigenvalue weighted by Gasteiger charge is 2.44. The van der Waals surface area contributed by atoms with Gasteiger partial charge in [0.15, 0.2) is 16.7 Å². The monoisotopic (exact) mass is 559 g/mol. The number of carbonyl (C=O) groups is 2. The zero-order valence-electron chi connectivity index (χ0n) is 22.8. The van der Waals surface area contributed by atoms with Gasteiger partial charge in [0.25, 0.3) is 0 Å². The van der Waals surface area contributed by atoms with Gasteiger partial charge in [-0.1, -0.05) is 11.6 Å². The van der Waals surface area contributed by atoms with Crippen molar-refractivity contribution in [3.8, 4) is 5.75 Å². The Bertz CT molecular complexity index is 989. The molecule has 2 aliphatic rings. The van der Waals surface area contributed by atoms with Crippen molar-refractivity contribution in [2.24, 2.45) is 0 Å². The maximum Gasteiger partial charge on any atom is 0.410 e. The van der Waals surface area contributed by atoms with Crippen LogP contribution in [0.25, 0.3) is 0 Å². The summed E-state index contributed by atoms with van der Waals surface area (Å²) in [7, 11) is 1.73. The van der Waals surface area contributed by atoms with Crippen molar-refractivity contribution < 1.29 is 23.8 Å². The Labute approximate surface area is 229 Å². The number of anilines is 1. The van der Waals surface area contributed by atoms with Gasteiger partial charge in [-0.15, -0.1) is 0 Å². The van der Waals surface area contributed by atoms with Gasteiger partial charge in [-0.05, 0) is 79.0 Å². The number of esters is 1. The molecule has 0 spiro atoms. The lowest BCUT2D eigenvalue weighted by Gasteiger charge is -2.31. The fourth-order valence-electron chi connectivity index (χ4n) is 4.46. The summed E-state index contributed by atoms with van der Waals surface area (Å²) in [5, 5.41) is 3.40. The quantitative estimate of drug-likeness (QED) is 0.294. The largest absolute Gasteiger partial charge is 0.487 e. The number of amides is 1. The van der Waals surface area contributed by atoms with Crippen LogP contribution >= 0.6 is 23.2 Å². The van der Waals surface area contributed by atoms with Gasteiger partial charge < -0.3 is 29.3 Å². The van der Waals surface area contributed by atoms with E-state index in [0.29, 0.717) is 43.9 Å². The van der Waals surface area contributed by atoms with Crippen molar-refractivity contribution >= 4 is 41.1 Å². The van der Waals surface area contributed by atoms with E-state index >= 15 is 0 Å². The van der Waals surface area contributed by atoms with E-state index < -0.39 is 16.7 Å². The average Bonchev–Trinajstić information content (AvgIpc) is 3.42. The Morgan fingerprint density at radius 3 is 2.41 bits per heavy atom. The minimum absolute atomic E-state index is 0.000943. The van der Waals surface area contributed by atoms with Crippen LogP contribution in [0.5, 0.6) is 5.75 Å². The third-order valence-electron chi connectivity index (χ3n) is 6.28. The van der Waals surface area contributed by atoms with E-state index in [1.165, 1.54) is 0 Å². The van der Waals surface area contributed by atoms with E-state index in [0.717, 1.165) is 13.0 Å². The molecule has 1 aromatic rings. The molecular weight excluding hydrogens is 521 g/mol. The highest BCUT2D eigenvalue weighted by Crippen LogP contribution is 2.37. The lowest BCUT2D eigenvalue weighted by Crippen LogP contribution is -2.51. The van der Waals surface area contributed by atoms with Crippen LogP contribution in [0.1, 0.15) is 67.2 Å². The lowest BCUT2D eigenvalue weighted by molar-refractivity contribution is -0.163. The van der Waals surface area contributed by atoms with E-state index in [4.69, 9.17) is 37.4 Å². The third kappa shape index (κ3) is 7.74. The maximum absolute atomic E-state index is 13.0. The Morgan fingerprint density at radius 1 is 1.14 bits per heavy atom. The minimum atomic E-state index is -0.817. The first kappa shape index (κ1) is 29.5. The van der Waals surface area contributed by atoms with Gasteiger partial charge in [0.1, 0.15) is 16.7 Å². The third-order valence-corrected chi connectivity index (χ3v) is 6.70. The zero-order chi connectivity index (χ0) is 27.6. The molecule has 3 heterocycles. The van der Waals surface area contributed by atoms with Crippen LogP contribution in [0.15, 0.2) is 0 Å². The summed E-state index contributed by atoms with van der Waals surface area (Å²) >= 11 is 12.6. The summed E-state index contributed by atoms with van der Waals surface area (Å²) in [6, 6.07) is -0.0895. The number of likely N-dealkylation sites (N-methyl/N-ethyl adjacent to an activating group) is 1. The van der Waals surface area contributed by atoms with Crippen molar-refractivity contribution in [1.82, 2.24) is 20.2 Å². The topological polar surface area (TPSA) is 106 Å². The SMILES string of the molecule is CN(C(=O)OC(C)(C)C)C1CCN(c2nc(Cl)nc(Cl)c2OCCC2(C(=O)OC(C)(C)C)CCCN2)C1. The Kier molecular flexibility index (Phi) is 9.07. The standard InChI is InChI=1S/C25H39Cl2N5O5/c1-23(2,3)36-20(33)25(10-8-12-28-25)11-14-35-17-18(26)29-21(27)30-19(17)32-13-9-16(15-32)31(7)22(34)37-24(4,5)6/h16,28H,8-15H2,1-7H3. The molecule has 0 aromatic carbocycles. The first-order chi connectivity index (χ1) is 17.1. The molecule has 12 heteroatoms. The zero-order valence-corrected chi connectivity index (χ0v) is 24.3. The molecular formula is C25H39Cl2N5O5. The molecule has 1 amide bonds. The summed E-state index contributed by atoms with van der Waals surface area (Å²) in [4.78, 5) is 37.6. The average molecular weight is 561 g/mol. The van der Waals surface area contributed by atoms with Crippen molar-refractivity contribution in [2.75, 3.05) is 38.2 Å². The van der Waals surface area contributed by atoms with Crippen LogP contribution in [-0.2, 0) is 14.3 Å². The molecule has 1 N–H and O–H groups in total. The van der Waals surface area contributed by atoms with E-state index in [1.807, 2.05) is 46.4 Å². The molecule has 2 saturated heterocycles. The lowest BCUT2D eigenvalue weighted by atomic mass is 9.93. The first-order valence-corrected chi connectivity index (χ1v) is 13.4. The number of carbonyl (C=O) groups excluding carboxylic acids is 2.